The Bertz CT molecular complexity index is 1570. The van der Waals surface area contributed by atoms with Gasteiger partial charge in [-0.05, 0) is 24.9 Å². The minimum atomic E-state index is -4.64. The first-order valence-electron chi connectivity index (χ1n) is 13.3. The molecule has 0 aromatic carbocycles. The molecule has 0 spiro atoms. The molecule has 1 aromatic heterocycles. The van der Waals surface area contributed by atoms with Crippen molar-refractivity contribution in [2.24, 2.45) is 14.5 Å². The van der Waals surface area contributed by atoms with E-state index in [9.17, 15) is 32.3 Å². The zero-order valence-electron chi connectivity index (χ0n) is 24.8. The topological polar surface area (TPSA) is 279 Å². The fourth-order valence-corrected chi connectivity index (χ4v) is 5.18. The second kappa shape index (κ2) is 17.6. The molecular weight excluding hydrogens is 742 g/mol. The Morgan fingerprint density at radius 2 is 1.75 bits per heavy atom. The summed E-state index contributed by atoms with van der Waals surface area (Å²) in [5.74, 6) is -0.451. The molecule has 8 atom stereocenters. The number of nitrogens with zero attached hydrogens (tertiary/aromatic N) is 9. The van der Waals surface area contributed by atoms with Gasteiger partial charge in [0, 0.05) is 34.4 Å². The molecule has 0 aliphatic carbocycles. The van der Waals surface area contributed by atoms with Gasteiger partial charge in [0.25, 0.3) is 5.56 Å². The van der Waals surface area contributed by atoms with Crippen molar-refractivity contribution in [1.82, 2.24) is 19.8 Å². The van der Waals surface area contributed by atoms with Gasteiger partial charge >= 0.3 is 42.7 Å². The Hall–Kier alpha value is -3.77. The van der Waals surface area contributed by atoms with Crippen molar-refractivity contribution in [3.05, 3.63) is 53.5 Å². The van der Waals surface area contributed by atoms with Gasteiger partial charge in [0.05, 0.1) is 37.5 Å². The summed E-state index contributed by atoms with van der Waals surface area (Å²) >= 11 is 6.50. The van der Waals surface area contributed by atoms with Crippen LogP contribution in [-0.2, 0) is 23.8 Å². The van der Waals surface area contributed by atoms with Crippen LogP contribution in [0.15, 0.2) is 30.3 Å². The SMILES string of the molecule is CC1(Br)C(=O)NC(=O)N2C3CC(N=[N+]=[N-])C(COC21)O3.Cc1cn(C2CC(N=[N+]=[N-])C(CO)O2)c(=O)[nH]c1=O.O=CC(F)(F)F.[B]=NS. The number of H-pyrrole nitrogens is 1. The van der Waals surface area contributed by atoms with E-state index in [1.807, 2.05) is 0 Å². The number of aliphatic hydroxyl groups is 1. The molecule has 48 heavy (non-hydrogen) atoms. The number of amides is 3. The Kier molecular flexibility index (Phi) is 14.8. The molecule has 4 saturated heterocycles. The van der Waals surface area contributed by atoms with Crippen LogP contribution in [0, 0.1) is 6.92 Å². The predicted molar refractivity (Wildman–Crippen MR) is 163 cm³/mol. The number of aromatic amines is 1. The van der Waals surface area contributed by atoms with Crippen LogP contribution in [0.3, 0.4) is 0 Å². The second-order valence-corrected chi connectivity index (χ2v) is 12.0. The summed E-state index contributed by atoms with van der Waals surface area (Å²) in [5.41, 5.74) is 16.3. The number of aromatic nitrogens is 2. The number of fused-ring (bicyclic) bond motifs is 4. The molecule has 5 rings (SSSR count). The van der Waals surface area contributed by atoms with Crippen molar-refractivity contribution in [3.63, 3.8) is 0 Å². The molecule has 1 aromatic rings. The number of imide groups is 1. The van der Waals surface area contributed by atoms with Gasteiger partial charge in [-0.3, -0.25) is 34.2 Å². The number of ether oxygens (including phenoxy) is 3. The molecule has 4 aliphatic heterocycles. The van der Waals surface area contributed by atoms with Gasteiger partial charge in [0.2, 0.25) is 12.2 Å². The van der Waals surface area contributed by atoms with E-state index < -0.39 is 76.9 Å². The zero-order chi connectivity index (χ0) is 36.4. The number of hydrogen-bond acceptors (Lipinski definition) is 13. The van der Waals surface area contributed by atoms with Crippen molar-refractivity contribution in [1.29, 1.82) is 0 Å². The number of urea groups is 1. The van der Waals surface area contributed by atoms with Crippen molar-refractivity contribution >= 4 is 54.6 Å². The molecule has 8 unspecified atom stereocenters. The summed E-state index contributed by atoms with van der Waals surface area (Å²) in [5, 5.41) is 18.6. The Labute approximate surface area is 282 Å². The van der Waals surface area contributed by atoms with E-state index in [1.54, 1.807) is 13.8 Å². The summed E-state index contributed by atoms with van der Waals surface area (Å²) in [6.07, 6.45) is -6.73. The number of thiol groups is 1. The van der Waals surface area contributed by atoms with Crippen LogP contribution in [0.25, 0.3) is 20.9 Å². The van der Waals surface area contributed by atoms with Crippen LogP contribution in [-0.4, -0.2) is 106 Å². The van der Waals surface area contributed by atoms with E-state index >= 15 is 0 Å². The van der Waals surface area contributed by atoms with Crippen molar-refractivity contribution in [2.45, 2.75) is 80.2 Å². The van der Waals surface area contributed by atoms with Crippen LogP contribution in [0.5, 0.6) is 0 Å². The molecule has 2 bridgehead atoms. The molecule has 20 nitrogen and oxygen atoms in total. The third kappa shape index (κ3) is 10.1. The summed E-state index contributed by atoms with van der Waals surface area (Å²) in [6.45, 7) is 3.05. The summed E-state index contributed by atoms with van der Waals surface area (Å²) in [4.78, 5) is 64.6. The fourth-order valence-electron chi connectivity index (χ4n) is 4.73. The van der Waals surface area contributed by atoms with E-state index in [0.717, 1.165) is 0 Å². The number of nitrogens with one attached hydrogen (secondary N) is 2. The first kappa shape index (κ1) is 40.4. The second-order valence-electron chi connectivity index (χ2n) is 10.1. The van der Waals surface area contributed by atoms with E-state index in [1.165, 1.54) is 15.7 Å². The molecule has 4 aliphatic rings. The predicted octanol–water partition coefficient (Wildman–Crippen LogP) is 1.58. The van der Waals surface area contributed by atoms with Crippen molar-refractivity contribution in [2.75, 3.05) is 13.2 Å². The van der Waals surface area contributed by atoms with Gasteiger partial charge in [-0.25, -0.2) is 9.59 Å². The zero-order valence-corrected chi connectivity index (χ0v) is 27.3. The van der Waals surface area contributed by atoms with Crippen LogP contribution >= 0.6 is 28.7 Å². The molecule has 0 saturated carbocycles. The molecule has 26 heteroatoms. The third-order valence-corrected chi connectivity index (χ3v) is 7.67. The van der Waals surface area contributed by atoms with E-state index in [0.29, 0.717) is 12.0 Å². The van der Waals surface area contributed by atoms with Gasteiger partial charge in [-0.15, -0.1) is 0 Å². The number of alkyl halides is 4. The van der Waals surface area contributed by atoms with Crippen molar-refractivity contribution in [3.8, 4) is 0 Å². The maximum atomic E-state index is 12.0. The van der Waals surface area contributed by atoms with Gasteiger partial charge in [0.15, 0.2) is 6.23 Å². The third-order valence-electron chi connectivity index (χ3n) is 6.92. The van der Waals surface area contributed by atoms with E-state index in [4.69, 9.17) is 35.2 Å². The van der Waals surface area contributed by atoms with Gasteiger partial charge in [-0.2, -0.15) is 13.2 Å². The number of aliphatic hydroxyl groups excluding tert-OH is 1. The Morgan fingerprint density at radius 1 is 1.19 bits per heavy atom. The first-order valence-corrected chi connectivity index (χ1v) is 14.5. The molecular formula is C22H27BBrF3N11O9S. The number of aldehydes is 1. The molecule has 3 amide bonds. The summed E-state index contributed by atoms with van der Waals surface area (Å²) < 4.78 is 50.9. The number of halogens is 4. The standard InChI is InChI=1S/C10H12BrN5O4.C10H13N5O4.C2HF3O.BHNS/c1-10(11)7(17)13-9(18)16-6-2-4(14-15-12)5(20-6)3-19-8(10)16;1-5-3-15(10(18)12-9(5)17)8-2-6(13-14-11)7(4-16)19-8;3-2(4,5)1-6;1-2-3/h4-6,8H,2-3H2,1H3,(H,13,17,18);3,6-8,16H,2,4H2,1H3,(H,12,17,18);1H;3H. The number of rotatable bonds is 4. The van der Waals surface area contributed by atoms with Crippen molar-refractivity contribution < 1.29 is 46.9 Å². The fraction of sp³-hybridized carbons (Fsp3) is 0.682. The number of carbonyl (C=O) groups is 3. The quantitative estimate of drug-likeness (QED) is 0.0657. The molecule has 1 radical (unpaired) electrons. The van der Waals surface area contributed by atoms with E-state index in [2.05, 4.69) is 71.0 Å². The van der Waals surface area contributed by atoms with E-state index in [-0.39, 0.29) is 25.7 Å². The number of azide groups is 2. The molecule has 3 N–H and O–H groups in total. The number of aryl methyl sites for hydroxylation is 1. The van der Waals surface area contributed by atoms with Gasteiger partial charge < -0.3 is 19.3 Å². The number of carbonyl (C=O) groups excluding carboxylic acids is 3. The minimum absolute atomic E-state index is 0.156. The average molecular weight is 769 g/mol. The summed E-state index contributed by atoms with van der Waals surface area (Å²) in [6, 6.07) is -1.48. The Balaban J connectivity index is 0.000000268. The van der Waals surface area contributed by atoms with Gasteiger partial charge in [0.1, 0.15) is 16.8 Å². The van der Waals surface area contributed by atoms with Gasteiger partial charge in [-0.1, -0.05) is 26.2 Å². The Morgan fingerprint density at radius 3 is 2.29 bits per heavy atom. The van der Waals surface area contributed by atoms with Crippen LogP contribution < -0.4 is 16.6 Å². The normalized spacial score (nSPS) is 30.1. The van der Waals surface area contributed by atoms with Crippen LogP contribution in [0.4, 0.5) is 18.0 Å². The first-order chi connectivity index (χ1) is 22.5. The number of hydrogen-bond donors (Lipinski definition) is 4. The van der Waals surface area contributed by atoms with Crippen LogP contribution in [0.2, 0.25) is 0 Å². The molecule has 261 valence electrons. The average Bonchev–Trinajstić information content (AvgIpc) is 3.54. The monoisotopic (exact) mass is 768 g/mol. The summed E-state index contributed by atoms with van der Waals surface area (Å²) in [7, 11) is 4.34. The molecule has 5 heterocycles. The molecule has 4 fully saturated rings. The van der Waals surface area contributed by atoms with Crippen LogP contribution in [0.1, 0.15) is 31.6 Å². The maximum absolute atomic E-state index is 12.0.